The lowest BCUT2D eigenvalue weighted by atomic mass is 10.0. The molecule has 5 rings (SSSR count). The number of piperidine rings is 1. The molecule has 1 atom stereocenters. The van der Waals surface area contributed by atoms with Crippen LogP contribution in [0.2, 0.25) is 10.0 Å². The van der Waals surface area contributed by atoms with Crippen LogP contribution < -0.4 is 9.46 Å². The summed E-state index contributed by atoms with van der Waals surface area (Å²) in [5, 5.41) is 1.90. The van der Waals surface area contributed by atoms with Crippen LogP contribution in [0.5, 0.6) is 5.75 Å². The summed E-state index contributed by atoms with van der Waals surface area (Å²) in [6.45, 7) is 9.12. The summed E-state index contributed by atoms with van der Waals surface area (Å²) in [6.07, 6.45) is 2.26. The zero-order valence-electron chi connectivity index (χ0n) is 26.1. The summed E-state index contributed by atoms with van der Waals surface area (Å²) in [7, 11) is -8.11. The van der Waals surface area contributed by atoms with Gasteiger partial charge in [0.25, 0.3) is 15.9 Å². The van der Waals surface area contributed by atoms with Gasteiger partial charge in [0.1, 0.15) is 11.4 Å². The van der Waals surface area contributed by atoms with Gasteiger partial charge in [0.2, 0.25) is 10.0 Å². The number of aromatic nitrogens is 1. The molecule has 0 spiro atoms. The quantitative estimate of drug-likeness (QED) is 0.180. The molecular weight excluding hydrogens is 669 g/mol. The summed E-state index contributed by atoms with van der Waals surface area (Å²) in [5.74, 6) is 0.125. The zero-order chi connectivity index (χ0) is 33.4. The normalized spacial score (nSPS) is 16.1. The number of carbonyl (C=O) groups is 1. The van der Waals surface area contributed by atoms with Crippen LogP contribution in [0.1, 0.15) is 53.4 Å². The number of sulfonamides is 2. The predicted octanol–water partition coefficient (Wildman–Crippen LogP) is 6.88. The summed E-state index contributed by atoms with van der Waals surface area (Å²) in [5.41, 5.74) is 3.30. The highest BCUT2D eigenvalue weighted by atomic mass is 35.5. The second-order valence-electron chi connectivity index (χ2n) is 11.9. The average Bonchev–Trinajstić information content (AvgIpc) is 3.28. The molecule has 9 nitrogen and oxygen atoms in total. The van der Waals surface area contributed by atoms with Crippen LogP contribution in [0.3, 0.4) is 0 Å². The number of aryl methyl sites for hydroxylation is 4. The second kappa shape index (κ2) is 13.6. The summed E-state index contributed by atoms with van der Waals surface area (Å²) in [4.78, 5) is 13.4. The first-order valence-electron chi connectivity index (χ1n) is 15.0. The van der Waals surface area contributed by atoms with Gasteiger partial charge < -0.3 is 9.30 Å². The van der Waals surface area contributed by atoms with Gasteiger partial charge in [-0.15, -0.1) is 0 Å². The number of benzene rings is 3. The Hall–Kier alpha value is -3.09. The number of fused-ring (bicyclic) bond motifs is 1. The minimum absolute atomic E-state index is 0.00543. The summed E-state index contributed by atoms with van der Waals surface area (Å²) >= 11 is 12.5. The Morgan fingerprint density at radius 2 is 1.61 bits per heavy atom. The van der Waals surface area contributed by atoms with E-state index in [0.29, 0.717) is 54.0 Å². The van der Waals surface area contributed by atoms with E-state index in [2.05, 4.69) is 4.72 Å². The number of halogens is 2. The first-order valence-corrected chi connectivity index (χ1v) is 18.7. The molecule has 13 heteroatoms. The van der Waals surface area contributed by atoms with Gasteiger partial charge >= 0.3 is 0 Å². The smallest absolute Gasteiger partial charge is 0.281 e. The van der Waals surface area contributed by atoms with Crippen LogP contribution in [0, 0.1) is 26.7 Å². The number of ether oxygens (including phenoxy) is 1. The van der Waals surface area contributed by atoms with Crippen molar-refractivity contribution >= 4 is 60.1 Å². The molecular formula is C33H37Cl2N3O6S2. The molecule has 1 fully saturated rings. The van der Waals surface area contributed by atoms with E-state index >= 15 is 0 Å². The van der Waals surface area contributed by atoms with E-state index in [1.807, 2.05) is 32.9 Å². The van der Waals surface area contributed by atoms with Crippen LogP contribution in [-0.2, 0) is 26.6 Å². The van der Waals surface area contributed by atoms with Crippen molar-refractivity contribution in [1.29, 1.82) is 0 Å². The minimum Gasteiger partial charge on any atom is -0.494 e. The Bertz CT molecular complexity index is 1990. The van der Waals surface area contributed by atoms with Crippen molar-refractivity contribution in [3.8, 4) is 5.75 Å². The summed E-state index contributed by atoms with van der Waals surface area (Å²) < 4.78 is 64.4. The van der Waals surface area contributed by atoms with Gasteiger partial charge in [-0.2, -0.15) is 4.31 Å². The summed E-state index contributed by atoms with van der Waals surface area (Å²) in [6, 6.07) is 13.9. The third kappa shape index (κ3) is 7.08. The number of amides is 1. The number of hydrogen-bond donors (Lipinski definition) is 1. The molecule has 1 N–H and O–H groups in total. The van der Waals surface area contributed by atoms with E-state index in [4.69, 9.17) is 27.9 Å². The Kier molecular flexibility index (Phi) is 10.1. The fourth-order valence-corrected chi connectivity index (χ4v) is 8.79. The predicted molar refractivity (Wildman–Crippen MR) is 181 cm³/mol. The maximum absolute atomic E-state index is 13.7. The minimum atomic E-state index is -4.34. The van der Waals surface area contributed by atoms with Crippen LogP contribution in [0.4, 0.5) is 0 Å². The SMILES string of the molecule is Cc1cc(OCCCn2c(C(=O)NS(=O)(=O)c3ccc(S(=O)(=O)N4CCCC(C)C4)cc3)c(C)c3cc(Cl)ccc32)cc(C)c1Cl. The second-order valence-corrected chi connectivity index (χ2v) is 16.3. The molecule has 1 unspecified atom stereocenters. The number of carbonyl (C=O) groups excluding carboxylic acids is 1. The Morgan fingerprint density at radius 1 is 0.957 bits per heavy atom. The Labute approximate surface area is 280 Å². The molecule has 1 amide bonds. The molecule has 46 heavy (non-hydrogen) atoms. The monoisotopic (exact) mass is 705 g/mol. The van der Waals surface area contributed by atoms with Crippen molar-refractivity contribution in [3.63, 3.8) is 0 Å². The van der Waals surface area contributed by atoms with E-state index in [9.17, 15) is 21.6 Å². The van der Waals surface area contributed by atoms with Gasteiger partial charge in [-0.3, -0.25) is 4.79 Å². The molecule has 1 saturated heterocycles. The van der Waals surface area contributed by atoms with Gasteiger partial charge in [-0.05, 0) is 117 Å². The fraction of sp³-hybridized carbons (Fsp3) is 0.364. The van der Waals surface area contributed by atoms with E-state index in [1.54, 1.807) is 29.7 Å². The van der Waals surface area contributed by atoms with E-state index < -0.39 is 26.0 Å². The zero-order valence-corrected chi connectivity index (χ0v) is 29.3. The van der Waals surface area contributed by atoms with Gasteiger partial charge in [0.05, 0.1) is 16.4 Å². The lowest BCUT2D eigenvalue weighted by molar-refractivity contribution is 0.0971. The van der Waals surface area contributed by atoms with Crippen LogP contribution in [-0.4, -0.2) is 51.3 Å². The third-order valence-electron chi connectivity index (χ3n) is 8.32. The maximum atomic E-state index is 13.7. The lowest BCUT2D eigenvalue weighted by Gasteiger charge is -2.30. The van der Waals surface area contributed by atoms with Crippen molar-refractivity contribution < 1.29 is 26.4 Å². The van der Waals surface area contributed by atoms with Crippen LogP contribution in [0.25, 0.3) is 10.9 Å². The average molecular weight is 707 g/mol. The molecule has 1 aliphatic rings. The molecule has 0 radical (unpaired) electrons. The van der Waals surface area contributed by atoms with Crippen molar-refractivity contribution in [2.45, 2.75) is 63.3 Å². The van der Waals surface area contributed by atoms with Gasteiger partial charge in [0.15, 0.2) is 0 Å². The molecule has 0 aliphatic carbocycles. The third-order valence-corrected chi connectivity index (χ3v) is 12.4. The number of nitrogens with one attached hydrogen (secondary N) is 1. The molecule has 246 valence electrons. The largest absolute Gasteiger partial charge is 0.494 e. The van der Waals surface area contributed by atoms with Crippen molar-refractivity contribution in [2.75, 3.05) is 19.7 Å². The van der Waals surface area contributed by atoms with Crippen LogP contribution in [0.15, 0.2) is 64.4 Å². The van der Waals surface area contributed by atoms with Crippen LogP contribution >= 0.6 is 23.2 Å². The van der Waals surface area contributed by atoms with E-state index in [0.717, 1.165) is 34.9 Å². The molecule has 4 aromatic rings. The molecule has 1 aliphatic heterocycles. The molecule has 1 aromatic heterocycles. The van der Waals surface area contributed by atoms with Gasteiger partial charge in [-0.25, -0.2) is 21.6 Å². The number of rotatable bonds is 10. The van der Waals surface area contributed by atoms with Crippen molar-refractivity contribution in [3.05, 3.63) is 87.0 Å². The van der Waals surface area contributed by atoms with Gasteiger partial charge in [0, 0.05) is 40.6 Å². The molecule has 3 aromatic carbocycles. The van der Waals surface area contributed by atoms with Gasteiger partial charge in [-0.1, -0.05) is 30.1 Å². The molecule has 2 heterocycles. The fourth-order valence-electron chi connectivity index (χ4n) is 5.96. The Balaban J connectivity index is 1.36. The first kappa shape index (κ1) is 34.3. The van der Waals surface area contributed by atoms with E-state index in [1.165, 1.54) is 28.6 Å². The molecule has 0 bridgehead atoms. The highest BCUT2D eigenvalue weighted by Gasteiger charge is 2.30. The maximum Gasteiger partial charge on any atom is 0.281 e. The first-order chi connectivity index (χ1) is 21.7. The number of hydrogen-bond acceptors (Lipinski definition) is 6. The standard InChI is InChI=1S/C33H37Cl2N3O6S2/c1-21-7-5-14-37(20-21)46(42,43)28-11-9-27(10-12-28)45(40,41)36-33(39)32-24(4)29-19-25(34)8-13-30(29)38(32)15-6-16-44-26-17-22(2)31(35)23(3)18-26/h8-13,17-19,21H,5-7,14-16,20H2,1-4H3,(H,36,39). The highest BCUT2D eigenvalue weighted by molar-refractivity contribution is 7.90. The highest BCUT2D eigenvalue weighted by Crippen LogP contribution is 2.30. The van der Waals surface area contributed by atoms with Crippen molar-refractivity contribution in [1.82, 2.24) is 13.6 Å². The Morgan fingerprint density at radius 3 is 2.26 bits per heavy atom. The van der Waals surface area contributed by atoms with E-state index in [-0.39, 0.29) is 21.4 Å². The lowest BCUT2D eigenvalue weighted by Crippen LogP contribution is -2.39. The molecule has 0 saturated carbocycles. The topological polar surface area (TPSA) is 115 Å². The number of nitrogens with zero attached hydrogens (tertiary/aromatic N) is 2. The van der Waals surface area contributed by atoms with Crippen molar-refractivity contribution in [2.24, 2.45) is 5.92 Å².